The summed E-state index contributed by atoms with van der Waals surface area (Å²) in [5.41, 5.74) is 1.93. The highest BCUT2D eigenvalue weighted by Crippen LogP contribution is 2.34. The number of aromatic nitrogens is 1. The van der Waals surface area contributed by atoms with Crippen LogP contribution in [0, 0.1) is 6.92 Å². The van der Waals surface area contributed by atoms with Gasteiger partial charge in [-0.2, -0.15) is 0 Å². The van der Waals surface area contributed by atoms with E-state index < -0.39 is 0 Å². The van der Waals surface area contributed by atoms with E-state index in [0.29, 0.717) is 44.9 Å². The fourth-order valence-corrected chi connectivity index (χ4v) is 4.40. The average Bonchev–Trinajstić information content (AvgIpc) is 3.36. The number of nitrogens with one attached hydrogen (secondary N) is 1. The zero-order valence-electron chi connectivity index (χ0n) is 17.2. The van der Waals surface area contributed by atoms with Gasteiger partial charge < -0.3 is 19.7 Å². The van der Waals surface area contributed by atoms with Gasteiger partial charge in [-0.25, -0.2) is 4.98 Å². The maximum absolute atomic E-state index is 12.5. The molecule has 0 aliphatic carbocycles. The Bertz CT molecular complexity index is 923. The second kappa shape index (κ2) is 9.01. The van der Waals surface area contributed by atoms with Crippen LogP contribution in [0.5, 0.6) is 11.5 Å². The minimum absolute atomic E-state index is 0.0294. The highest BCUT2D eigenvalue weighted by Gasteiger charge is 2.24. The second-order valence-electron chi connectivity index (χ2n) is 7.62. The number of fused-ring (bicyclic) bond motifs is 1. The second-order valence-corrected chi connectivity index (χ2v) is 8.56. The lowest BCUT2D eigenvalue weighted by Crippen LogP contribution is -2.51. The van der Waals surface area contributed by atoms with Crippen LogP contribution in [0.1, 0.15) is 29.2 Å². The van der Waals surface area contributed by atoms with Gasteiger partial charge in [0.2, 0.25) is 18.6 Å². The molecule has 1 fully saturated rings. The van der Waals surface area contributed by atoms with Gasteiger partial charge in [0, 0.05) is 37.3 Å². The van der Waals surface area contributed by atoms with Crippen molar-refractivity contribution >= 4 is 23.2 Å². The predicted octanol–water partition coefficient (Wildman–Crippen LogP) is 1.74. The molecule has 2 aromatic rings. The molecule has 0 saturated carbocycles. The fourth-order valence-electron chi connectivity index (χ4n) is 3.64. The topological polar surface area (TPSA) is 84.0 Å². The SMILES string of the molecule is Cc1csc(CC(=O)N2CCN(CC(=O)N[C@H](C)c3ccc4c(c3)OCO4)CC2)n1. The first kappa shape index (κ1) is 20.6. The molecule has 1 aromatic carbocycles. The summed E-state index contributed by atoms with van der Waals surface area (Å²) in [5, 5.41) is 5.86. The number of benzene rings is 1. The zero-order chi connectivity index (χ0) is 21.1. The van der Waals surface area contributed by atoms with Gasteiger partial charge in [-0.1, -0.05) is 6.07 Å². The minimum Gasteiger partial charge on any atom is -0.454 e. The van der Waals surface area contributed by atoms with Crippen LogP contribution in [0.3, 0.4) is 0 Å². The van der Waals surface area contributed by atoms with Crippen LogP contribution in [0.2, 0.25) is 0 Å². The fraction of sp³-hybridized carbons (Fsp3) is 0.476. The molecule has 3 heterocycles. The largest absolute Gasteiger partial charge is 0.454 e. The van der Waals surface area contributed by atoms with Crippen molar-refractivity contribution in [3.63, 3.8) is 0 Å². The van der Waals surface area contributed by atoms with Gasteiger partial charge in [0.15, 0.2) is 11.5 Å². The Morgan fingerprint density at radius 1 is 1.20 bits per heavy atom. The monoisotopic (exact) mass is 430 g/mol. The van der Waals surface area contributed by atoms with E-state index in [0.717, 1.165) is 22.0 Å². The van der Waals surface area contributed by atoms with E-state index >= 15 is 0 Å². The lowest BCUT2D eigenvalue weighted by Gasteiger charge is -2.34. The molecule has 1 aromatic heterocycles. The molecule has 2 aliphatic heterocycles. The van der Waals surface area contributed by atoms with E-state index in [-0.39, 0.29) is 24.6 Å². The van der Waals surface area contributed by atoms with Gasteiger partial charge in [-0.3, -0.25) is 14.5 Å². The van der Waals surface area contributed by atoms with Crippen molar-refractivity contribution in [2.45, 2.75) is 26.3 Å². The molecular formula is C21H26N4O4S. The Hall–Kier alpha value is -2.65. The molecule has 2 amide bonds. The van der Waals surface area contributed by atoms with Gasteiger partial charge in [-0.15, -0.1) is 11.3 Å². The summed E-state index contributed by atoms with van der Waals surface area (Å²) in [6, 6.07) is 5.58. The maximum Gasteiger partial charge on any atom is 0.234 e. The number of aryl methyl sites for hydroxylation is 1. The summed E-state index contributed by atoms with van der Waals surface area (Å²) in [4.78, 5) is 33.3. The van der Waals surface area contributed by atoms with Gasteiger partial charge in [0.05, 0.1) is 19.0 Å². The van der Waals surface area contributed by atoms with E-state index in [1.807, 2.05) is 42.3 Å². The van der Waals surface area contributed by atoms with Crippen molar-refractivity contribution in [3.05, 3.63) is 39.8 Å². The van der Waals surface area contributed by atoms with Gasteiger partial charge in [0.1, 0.15) is 5.01 Å². The first-order valence-corrected chi connectivity index (χ1v) is 11.0. The number of piperazine rings is 1. The lowest BCUT2D eigenvalue weighted by molar-refractivity contribution is -0.132. The van der Waals surface area contributed by atoms with Crippen LogP contribution in [-0.4, -0.2) is 66.1 Å². The number of thiazole rings is 1. The third-order valence-corrected chi connectivity index (χ3v) is 6.30. The number of hydrogen-bond donors (Lipinski definition) is 1. The van der Waals surface area contributed by atoms with Crippen molar-refractivity contribution in [3.8, 4) is 11.5 Å². The number of ether oxygens (including phenoxy) is 2. The summed E-state index contributed by atoms with van der Waals surface area (Å²) in [6.07, 6.45) is 0.353. The highest BCUT2D eigenvalue weighted by atomic mass is 32.1. The molecular weight excluding hydrogens is 404 g/mol. The van der Waals surface area contributed by atoms with Crippen LogP contribution >= 0.6 is 11.3 Å². The Morgan fingerprint density at radius 3 is 2.70 bits per heavy atom. The highest BCUT2D eigenvalue weighted by molar-refractivity contribution is 7.09. The number of rotatable bonds is 6. The van der Waals surface area contributed by atoms with Crippen molar-refractivity contribution in [2.75, 3.05) is 39.5 Å². The summed E-state index contributed by atoms with van der Waals surface area (Å²) < 4.78 is 10.7. The van der Waals surface area contributed by atoms with Crippen LogP contribution in [0.4, 0.5) is 0 Å². The summed E-state index contributed by atoms with van der Waals surface area (Å²) >= 11 is 1.52. The van der Waals surface area contributed by atoms with Crippen LogP contribution < -0.4 is 14.8 Å². The first-order chi connectivity index (χ1) is 14.5. The van der Waals surface area contributed by atoms with E-state index in [1.54, 1.807) is 0 Å². The van der Waals surface area contributed by atoms with Gasteiger partial charge in [0.25, 0.3) is 0 Å². The molecule has 1 N–H and O–H groups in total. The van der Waals surface area contributed by atoms with Crippen molar-refractivity contribution in [2.24, 2.45) is 0 Å². The molecule has 0 bridgehead atoms. The normalized spacial score (nSPS) is 17.1. The Morgan fingerprint density at radius 2 is 1.97 bits per heavy atom. The molecule has 0 unspecified atom stereocenters. The molecule has 9 heteroatoms. The van der Waals surface area contributed by atoms with Gasteiger partial charge in [-0.05, 0) is 31.5 Å². The third-order valence-electron chi connectivity index (χ3n) is 5.34. The smallest absolute Gasteiger partial charge is 0.234 e. The molecule has 160 valence electrons. The number of carbonyl (C=O) groups is 2. The van der Waals surface area contributed by atoms with E-state index in [1.165, 1.54) is 11.3 Å². The minimum atomic E-state index is -0.128. The van der Waals surface area contributed by atoms with Crippen molar-refractivity contribution in [1.82, 2.24) is 20.1 Å². The molecule has 4 rings (SSSR count). The number of amides is 2. The molecule has 8 nitrogen and oxygen atoms in total. The molecule has 1 atom stereocenters. The summed E-state index contributed by atoms with van der Waals surface area (Å²) in [7, 11) is 0. The number of hydrogen-bond acceptors (Lipinski definition) is 7. The Labute approximate surface area is 179 Å². The van der Waals surface area contributed by atoms with Crippen molar-refractivity contribution < 1.29 is 19.1 Å². The summed E-state index contributed by atoms with van der Waals surface area (Å²) in [5.74, 6) is 1.51. The van der Waals surface area contributed by atoms with E-state index in [4.69, 9.17) is 9.47 Å². The third kappa shape index (κ3) is 4.91. The summed E-state index contributed by atoms with van der Waals surface area (Å²) in [6.45, 7) is 7.08. The first-order valence-electron chi connectivity index (χ1n) is 10.1. The van der Waals surface area contributed by atoms with Crippen LogP contribution in [0.15, 0.2) is 23.6 Å². The Balaban J connectivity index is 1.21. The predicted molar refractivity (Wildman–Crippen MR) is 113 cm³/mol. The quantitative estimate of drug-likeness (QED) is 0.752. The van der Waals surface area contributed by atoms with Crippen LogP contribution in [-0.2, 0) is 16.0 Å². The zero-order valence-corrected chi connectivity index (χ0v) is 18.0. The van der Waals surface area contributed by atoms with Crippen molar-refractivity contribution in [1.29, 1.82) is 0 Å². The Kier molecular flexibility index (Phi) is 6.19. The van der Waals surface area contributed by atoms with E-state index in [2.05, 4.69) is 15.2 Å². The average molecular weight is 431 g/mol. The molecule has 2 aliphatic rings. The lowest BCUT2D eigenvalue weighted by atomic mass is 10.1. The number of carbonyl (C=O) groups excluding carboxylic acids is 2. The van der Waals surface area contributed by atoms with E-state index in [9.17, 15) is 9.59 Å². The molecule has 30 heavy (non-hydrogen) atoms. The molecule has 0 radical (unpaired) electrons. The maximum atomic E-state index is 12.5. The van der Waals surface area contributed by atoms with Crippen LogP contribution in [0.25, 0.3) is 0 Å². The number of nitrogens with zero attached hydrogens (tertiary/aromatic N) is 3. The molecule has 0 spiro atoms. The molecule has 1 saturated heterocycles. The van der Waals surface area contributed by atoms with Gasteiger partial charge >= 0.3 is 0 Å². The standard InChI is InChI=1S/C21H26N4O4S/c1-14-12-30-20(22-14)10-21(27)25-7-5-24(6-8-25)11-19(26)23-15(2)16-3-4-17-18(9-16)29-13-28-17/h3-4,9,12,15H,5-8,10-11,13H2,1-2H3,(H,23,26)/t15-/m1/s1.